The Bertz CT molecular complexity index is 1190. The molecule has 1 atom stereocenters. The predicted octanol–water partition coefficient (Wildman–Crippen LogP) is 5.22. The van der Waals surface area contributed by atoms with Gasteiger partial charge in [0, 0.05) is 17.1 Å². The molecule has 0 radical (unpaired) electrons. The highest BCUT2D eigenvalue weighted by Gasteiger charge is 2.35. The Morgan fingerprint density at radius 1 is 1.06 bits per heavy atom. The van der Waals surface area contributed by atoms with E-state index in [2.05, 4.69) is 91.0 Å². The van der Waals surface area contributed by atoms with Crippen molar-refractivity contribution in [2.24, 2.45) is 5.84 Å². The average Bonchev–Trinajstić information content (AvgIpc) is 3.05. The van der Waals surface area contributed by atoms with Gasteiger partial charge in [-0.25, -0.2) is 4.83 Å². The SMILES string of the molecule is C=C(C1=C(C)C(=C)N(CCCNC)C1c1ccc(C)c(C)c1)c1ccc(S(=C)(=C)NN)cc1. The van der Waals surface area contributed by atoms with Gasteiger partial charge >= 0.3 is 0 Å². The Morgan fingerprint density at radius 2 is 1.73 bits per heavy atom. The van der Waals surface area contributed by atoms with Crippen LogP contribution >= 0.6 is 9.39 Å². The van der Waals surface area contributed by atoms with E-state index in [9.17, 15) is 0 Å². The second kappa shape index (κ2) is 10.1. The van der Waals surface area contributed by atoms with Crippen molar-refractivity contribution in [3.8, 4) is 0 Å². The first-order chi connectivity index (χ1) is 15.6. The van der Waals surface area contributed by atoms with E-state index in [0.717, 1.165) is 41.2 Å². The number of benzene rings is 2. The maximum atomic E-state index is 5.66. The fourth-order valence-corrected chi connectivity index (χ4v) is 5.18. The number of rotatable bonds is 9. The maximum Gasteiger partial charge on any atom is 0.0805 e. The molecule has 0 saturated heterocycles. The number of nitrogens with zero attached hydrogens (tertiary/aromatic N) is 1. The molecule has 4 N–H and O–H groups in total. The minimum Gasteiger partial charge on any atom is -0.361 e. The number of hydrazine groups is 1. The summed E-state index contributed by atoms with van der Waals surface area (Å²) in [4.78, 5) is 6.19. The van der Waals surface area contributed by atoms with Crippen LogP contribution in [0.3, 0.4) is 0 Å². The summed E-state index contributed by atoms with van der Waals surface area (Å²) in [6, 6.07) is 15.1. The summed E-state index contributed by atoms with van der Waals surface area (Å²) in [5, 5.41) is 3.26. The number of allylic oxidation sites excluding steroid dienone is 1. The minimum absolute atomic E-state index is 0.0944. The van der Waals surface area contributed by atoms with Gasteiger partial charge in [-0.05, 0) is 91.9 Å². The molecule has 2 aromatic carbocycles. The van der Waals surface area contributed by atoms with Gasteiger partial charge in [0.2, 0.25) is 0 Å². The van der Waals surface area contributed by atoms with Crippen LogP contribution in [0.1, 0.15) is 41.6 Å². The van der Waals surface area contributed by atoms with E-state index in [0.29, 0.717) is 0 Å². The van der Waals surface area contributed by atoms with E-state index < -0.39 is 9.39 Å². The Kier molecular flexibility index (Phi) is 7.70. The summed E-state index contributed by atoms with van der Waals surface area (Å²) < 4.78 is 0. The summed E-state index contributed by atoms with van der Waals surface area (Å²) in [5.41, 5.74) is 9.50. The van der Waals surface area contributed by atoms with Crippen molar-refractivity contribution < 1.29 is 0 Å². The molecule has 0 bridgehead atoms. The van der Waals surface area contributed by atoms with Gasteiger partial charge in [0.25, 0.3) is 0 Å². The molecule has 0 aliphatic carbocycles. The van der Waals surface area contributed by atoms with Crippen molar-refractivity contribution in [3.63, 3.8) is 0 Å². The summed E-state index contributed by atoms with van der Waals surface area (Å²) >= 11 is 0. The first kappa shape index (κ1) is 25.1. The van der Waals surface area contributed by atoms with Crippen molar-refractivity contribution in [2.75, 3.05) is 20.1 Å². The number of hydrogen-bond acceptors (Lipinski definition) is 4. The smallest absolute Gasteiger partial charge is 0.0805 e. The quantitative estimate of drug-likeness (QED) is 0.207. The van der Waals surface area contributed by atoms with Gasteiger partial charge in [0.05, 0.1) is 6.04 Å². The third kappa shape index (κ3) is 5.02. The van der Waals surface area contributed by atoms with Crippen molar-refractivity contribution in [1.29, 1.82) is 0 Å². The zero-order valence-corrected chi connectivity index (χ0v) is 21.3. The van der Waals surface area contributed by atoms with E-state index in [4.69, 9.17) is 5.84 Å². The molecule has 3 rings (SSSR count). The monoisotopic (exact) mass is 462 g/mol. The maximum absolute atomic E-state index is 5.66. The molecular weight excluding hydrogens is 424 g/mol. The summed E-state index contributed by atoms with van der Waals surface area (Å²) in [6.07, 6.45) is 1.04. The van der Waals surface area contributed by atoms with E-state index >= 15 is 0 Å². The van der Waals surface area contributed by atoms with E-state index in [-0.39, 0.29) is 6.04 Å². The van der Waals surface area contributed by atoms with Gasteiger partial charge in [-0.15, -0.1) is 9.39 Å². The standard InChI is InChI=1S/C28H38N4S/c1-19-10-11-25(18-20(19)2)28-27(21(3)23(5)32(28)17-9-16-30-6)22(4)24-12-14-26(15-13-24)33(7,8)31-29/h10-15,18,28,30-31H,4-5,7-9,16-17,29H2,1-3,6H3. The van der Waals surface area contributed by atoms with Crippen LogP contribution < -0.4 is 16.0 Å². The fraction of sp³-hybridized carbons (Fsp3) is 0.286. The molecule has 5 heteroatoms. The third-order valence-corrected chi connectivity index (χ3v) is 8.27. The molecule has 0 fully saturated rings. The van der Waals surface area contributed by atoms with Crippen molar-refractivity contribution in [1.82, 2.24) is 15.0 Å². The first-order valence-corrected chi connectivity index (χ1v) is 13.2. The van der Waals surface area contributed by atoms with Crippen molar-refractivity contribution in [2.45, 2.75) is 38.1 Å². The number of hydrogen-bond donors (Lipinski definition) is 3. The van der Waals surface area contributed by atoms with E-state index in [1.165, 1.54) is 27.8 Å². The van der Waals surface area contributed by atoms with Gasteiger partial charge in [0.1, 0.15) is 0 Å². The number of aryl methyl sites for hydroxylation is 2. The Balaban J connectivity index is 2.05. The average molecular weight is 463 g/mol. The lowest BCUT2D eigenvalue weighted by Gasteiger charge is -2.31. The summed E-state index contributed by atoms with van der Waals surface area (Å²) in [6.45, 7) is 17.4. The van der Waals surface area contributed by atoms with Crippen LogP contribution in [0.2, 0.25) is 0 Å². The van der Waals surface area contributed by atoms with Gasteiger partial charge in [-0.3, -0.25) is 5.84 Å². The van der Waals surface area contributed by atoms with Crippen LogP contribution in [0.5, 0.6) is 0 Å². The van der Waals surface area contributed by atoms with Gasteiger partial charge < -0.3 is 10.2 Å². The Hall–Kier alpha value is -2.57. The van der Waals surface area contributed by atoms with Crippen LogP contribution in [0.15, 0.2) is 77.4 Å². The van der Waals surface area contributed by atoms with Crippen LogP contribution in [-0.2, 0) is 0 Å². The summed E-state index contributed by atoms with van der Waals surface area (Å²) in [7, 11) is 0.289. The van der Waals surface area contributed by atoms with Crippen LogP contribution in [-0.4, -0.2) is 36.8 Å². The molecule has 33 heavy (non-hydrogen) atoms. The molecule has 0 aromatic heterocycles. The molecule has 1 unspecified atom stereocenters. The van der Waals surface area contributed by atoms with Gasteiger partial charge in [-0.1, -0.05) is 55.2 Å². The Labute approximate surface area is 200 Å². The van der Waals surface area contributed by atoms with Crippen molar-refractivity contribution in [3.05, 3.63) is 94.7 Å². The van der Waals surface area contributed by atoms with Gasteiger partial charge in [-0.2, -0.15) is 0 Å². The van der Waals surface area contributed by atoms with Crippen LogP contribution in [0.4, 0.5) is 0 Å². The molecule has 1 aliphatic heterocycles. The number of nitrogens with two attached hydrogens (primary N) is 1. The molecular formula is C28H38N4S. The van der Waals surface area contributed by atoms with E-state index in [1.807, 2.05) is 19.2 Å². The number of nitrogens with one attached hydrogen (secondary N) is 2. The first-order valence-electron chi connectivity index (χ1n) is 11.3. The highest BCUT2D eigenvalue weighted by atomic mass is 32.2. The molecule has 2 aromatic rings. The molecule has 0 spiro atoms. The molecule has 176 valence electrons. The third-order valence-electron chi connectivity index (χ3n) is 6.65. The molecule has 0 saturated carbocycles. The highest BCUT2D eigenvalue weighted by Crippen LogP contribution is 2.48. The normalized spacial score (nSPS) is 16.6. The lowest BCUT2D eigenvalue weighted by molar-refractivity contribution is 0.311. The lowest BCUT2D eigenvalue weighted by Crippen LogP contribution is -2.27. The Morgan fingerprint density at radius 3 is 2.30 bits per heavy atom. The zero-order chi connectivity index (χ0) is 24.3. The second-order valence-electron chi connectivity index (χ2n) is 8.89. The minimum atomic E-state index is -1.71. The van der Waals surface area contributed by atoms with Crippen LogP contribution in [0.25, 0.3) is 5.57 Å². The largest absolute Gasteiger partial charge is 0.361 e. The molecule has 1 aliphatic rings. The van der Waals surface area contributed by atoms with Gasteiger partial charge in [0.15, 0.2) is 0 Å². The van der Waals surface area contributed by atoms with Crippen molar-refractivity contribution >= 4 is 26.7 Å². The predicted molar refractivity (Wildman–Crippen MR) is 149 cm³/mol. The second-order valence-corrected chi connectivity index (χ2v) is 11.4. The fourth-order valence-electron chi connectivity index (χ4n) is 4.39. The molecule has 4 nitrogen and oxygen atoms in total. The molecule has 0 amide bonds. The topological polar surface area (TPSA) is 53.3 Å². The zero-order valence-electron chi connectivity index (χ0n) is 20.5. The summed E-state index contributed by atoms with van der Waals surface area (Å²) in [5.74, 6) is 13.9. The molecule has 1 heterocycles. The highest BCUT2D eigenvalue weighted by molar-refractivity contribution is 8.26. The van der Waals surface area contributed by atoms with Crippen LogP contribution in [0, 0.1) is 13.8 Å². The lowest BCUT2D eigenvalue weighted by atomic mass is 9.88. The van der Waals surface area contributed by atoms with E-state index in [1.54, 1.807) is 0 Å².